The molecule has 2 aromatic rings. The number of nitrogens with zero attached hydrogens (tertiary/aromatic N) is 2. The Kier molecular flexibility index (Phi) is 5.08. The third-order valence-corrected chi connectivity index (χ3v) is 4.67. The molecule has 0 fully saturated rings. The molecule has 0 radical (unpaired) electrons. The van der Waals surface area contributed by atoms with E-state index in [0.29, 0.717) is 0 Å². The molecule has 0 aliphatic heterocycles. The lowest BCUT2D eigenvalue weighted by atomic mass is 10.1. The van der Waals surface area contributed by atoms with Crippen LogP contribution in [0.4, 0.5) is 0 Å². The van der Waals surface area contributed by atoms with E-state index in [4.69, 9.17) is 5.11 Å². The molecule has 2 aromatic heterocycles. The van der Waals surface area contributed by atoms with Crippen molar-refractivity contribution in [1.29, 1.82) is 0 Å². The van der Waals surface area contributed by atoms with Gasteiger partial charge in [0.05, 0.1) is 18.0 Å². The molecule has 0 saturated heterocycles. The summed E-state index contributed by atoms with van der Waals surface area (Å²) in [4.78, 5) is 28.8. The van der Waals surface area contributed by atoms with Gasteiger partial charge in [0.2, 0.25) is 5.91 Å². The monoisotopic (exact) mass is 324 g/mol. The molecule has 0 aliphatic rings. The van der Waals surface area contributed by atoms with Crippen molar-refractivity contribution in [3.05, 3.63) is 27.9 Å². The summed E-state index contributed by atoms with van der Waals surface area (Å²) in [6.45, 7) is 1.79. The summed E-state index contributed by atoms with van der Waals surface area (Å²) in [5, 5.41) is 15.6. The Bertz CT molecular complexity index is 622. The third kappa shape index (κ3) is 4.12. The van der Waals surface area contributed by atoms with Crippen LogP contribution >= 0.6 is 22.7 Å². The van der Waals surface area contributed by atoms with Gasteiger partial charge in [-0.3, -0.25) is 9.59 Å². The maximum absolute atomic E-state index is 12.1. The van der Waals surface area contributed by atoms with Crippen molar-refractivity contribution in [1.82, 2.24) is 9.88 Å². The number of hydrogen-bond acceptors (Lipinski definition) is 5. The van der Waals surface area contributed by atoms with Gasteiger partial charge in [-0.2, -0.15) is 11.3 Å². The minimum Gasteiger partial charge on any atom is -0.481 e. The van der Waals surface area contributed by atoms with Gasteiger partial charge >= 0.3 is 5.97 Å². The molecule has 7 heteroatoms. The molecule has 21 heavy (non-hydrogen) atoms. The van der Waals surface area contributed by atoms with Crippen molar-refractivity contribution in [3.63, 3.8) is 0 Å². The molecular weight excluding hydrogens is 308 g/mol. The molecule has 0 spiro atoms. The zero-order valence-electron chi connectivity index (χ0n) is 11.8. The number of aromatic nitrogens is 1. The zero-order chi connectivity index (χ0) is 15.4. The van der Waals surface area contributed by atoms with Crippen LogP contribution in [0.5, 0.6) is 0 Å². The molecule has 1 atom stereocenters. The standard InChI is InChI=1S/C14H16N2O3S2/c1-9(14(18)19)6-16(2)12(17)5-11-8-21-13(15-11)10-3-4-20-7-10/h3-4,7-9H,5-6H2,1-2H3,(H,18,19). The highest BCUT2D eigenvalue weighted by molar-refractivity contribution is 7.14. The third-order valence-electron chi connectivity index (χ3n) is 3.05. The second kappa shape index (κ2) is 6.82. The van der Waals surface area contributed by atoms with Crippen molar-refractivity contribution in [2.45, 2.75) is 13.3 Å². The number of rotatable bonds is 6. The summed E-state index contributed by atoms with van der Waals surface area (Å²) >= 11 is 3.12. The first kappa shape index (κ1) is 15.7. The number of thiazole rings is 1. The molecule has 0 bridgehead atoms. The second-order valence-corrected chi connectivity index (χ2v) is 6.48. The quantitative estimate of drug-likeness (QED) is 0.886. The van der Waals surface area contributed by atoms with E-state index in [2.05, 4.69) is 4.98 Å². The number of carboxylic acids is 1. The van der Waals surface area contributed by atoms with Crippen molar-refractivity contribution in [2.24, 2.45) is 5.92 Å². The molecule has 5 nitrogen and oxygen atoms in total. The lowest BCUT2D eigenvalue weighted by Gasteiger charge is -2.18. The van der Waals surface area contributed by atoms with E-state index in [1.807, 2.05) is 22.2 Å². The molecular formula is C14H16N2O3S2. The number of carbonyl (C=O) groups excluding carboxylic acids is 1. The summed E-state index contributed by atoms with van der Waals surface area (Å²) in [7, 11) is 1.62. The SMILES string of the molecule is CC(CN(C)C(=O)Cc1csc(-c2ccsc2)n1)C(=O)O. The van der Waals surface area contributed by atoms with E-state index in [9.17, 15) is 9.59 Å². The highest BCUT2D eigenvalue weighted by atomic mass is 32.1. The first-order valence-corrected chi connectivity index (χ1v) is 8.23. The summed E-state index contributed by atoms with van der Waals surface area (Å²) < 4.78 is 0. The Morgan fingerprint density at radius 2 is 2.19 bits per heavy atom. The van der Waals surface area contributed by atoms with Gasteiger partial charge in [0.25, 0.3) is 0 Å². The lowest BCUT2D eigenvalue weighted by Crippen LogP contribution is -2.34. The van der Waals surface area contributed by atoms with Crippen LogP contribution in [-0.2, 0) is 16.0 Å². The molecule has 0 saturated carbocycles. The summed E-state index contributed by atoms with van der Waals surface area (Å²) in [5.41, 5.74) is 1.79. The number of carbonyl (C=O) groups is 2. The summed E-state index contributed by atoms with van der Waals surface area (Å²) in [6, 6.07) is 2.00. The predicted octanol–water partition coefficient (Wildman–Crippen LogP) is 2.59. The van der Waals surface area contributed by atoms with E-state index in [1.54, 1.807) is 25.3 Å². The molecule has 112 valence electrons. The molecule has 1 unspecified atom stereocenters. The topological polar surface area (TPSA) is 70.5 Å². The van der Waals surface area contributed by atoms with E-state index in [0.717, 1.165) is 16.3 Å². The second-order valence-electron chi connectivity index (χ2n) is 4.85. The van der Waals surface area contributed by atoms with Crippen LogP contribution in [-0.4, -0.2) is 40.5 Å². The fourth-order valence-corrected chi connectivity index (χ4v) is 3.32. The largest absolute Gasteiger partial charge is 0.481 e. The molecule has 2 rings (SSSR count). The fourth-order valence-electron chi connectivity index (χ4n) is 1.79. The van der Waals surface area contributed by atoms with Crippen LogP contribution in [0, 0.1) is 5.92 Å². The van der Waals surface area contributed by atoms with Crippen LogP contribution in [0.2, 0.25) is 0 Å². The molecule has 0 aliphatic carbocycles. The summed E-state index contributed by atoms with van der Waals surface area (Å²) in [6.07, 6.45) is 0.198. The van der Waals surface area contributed by atoms with Crippen LogP contribution in [0.15, 0.2) is 22.2 Å². The van der Waals surface area contributed by atoms with E-state index in [1.165, 1.54) is 16.2 Å². The number of aliphatic carboxylic acids is 1. The highest BCUT2D eigenvalue weighted by Gasteiger charge is 2.18. The van der Waals surface area contributed by atoms with Gasteiger partial charge in [0.15, 0.2) is 0 Å². The van der Waals surface area contributed by atoms with Crippen LogP contribution in [0.1, 0.15) is 12.6 Å². The first-order valence-electron chi connectivity index (χ1n) is 6.41. The Balaban J connectivity index is 1.95. The van der Waals surface area contributed by atoms with Gasteiger partial charge in [-0.15, -0.1) is 11.3 Å². The minimum atomic E-state index is -0.900. The van der Waals surface area contributed by atoms with E-state index < -0.39 is 11.9 Å². The van der Waals surface area contributed by atoms with Crippen molar-refractivity contribution in [3.8, 4) is 10.6 Å². The maximum atomic E-state index is 12.1. The number of amides is 1. The summed E-state index contributed by atoms with van der Waals surface area (Å²) in [5.74, 6) is -1.59. The molecule has 2 heterocycles. The normalized spacial score (nSPS) is 12.1. The number of carboxylic acid groups (broad SMARTS) is 1. The Morgan fingerprint density at radius 1 is 1.43 bits per heavy atom. The molecule has 0 aromatic carbocycles. The van der Waals surface area contributed by atoms with Crippen molar-refractivity contribution < 1.29 is 14.7 Å². The molecule has 1 N–H and O–H groups in total. The van der Waals surface area contributed by atoms with E-state index in [-0.39, 0.29) is 18.9 Å². The van der Waals surface area contributed by atoms with Crippen molar-refractivity contribution in [2.75, 3.05) is 13.6 Å². The number of thiophene rings is 1. The van der Waals surface area contributed by atoms with Gasteiger partial charge < -0.3 is 10.0 Å². The van der Waals surface area contributed by atoms with Crippen LogP contribution in [0.25, 0.3) is 10.6 Å². The maximum Gasteiger partial charge on any atom is 0.308 e. The zero-order valence-corrected chi connectivity index (χ0v) is 13.4. The molecule has 1 amide bonds. The highest BCUT2D eigenvalue weighted by Crippen LogP contribution is 2.25. The Morgan fingerprint density at radius 3 is 2.81 bits per heavy atom. The number of likely N-dealkylation sites (N-methyl/N-ethyl adjacent to an activating group) is 1. The average Bonchev–Trinajstić information content (AvgIpc) is 3.08. The van der Waals surface area contributed by atoms with Gasteiger partial charge in [-0.1, -0.05) is 6.92 Å². The smallest absolute Gasteiger partial charge is 0.308 e. The van der Waals surface area contributed by atoms with Gasteiger partial charge in [0.1, 0.15) is 5.01 Å². The Hall–Kier alpha value is -1.73. The Labute approximate surface area is 130 Å². The minimum absolute atomic E-state index is 0.120. The van der Waals surface area contributed by atoms with Crippen LogP contribution in [0.3, 0.4) is 0 Å². The van der Waals surface area contributed by atoms with Crippen LogP contribution < -0.4 is 0 Å². The average molecular weight is 324 g/mol. The number of hydrogen-bond donors (Lipinski definition) is 1. The first-order chi connectivity index (χ1) is 9.97. The fraction of sp³-hybridized carbons (Fsp3) is 0.357. The van der Waals surface area contributed by atoms with Crippen molar-refractivity contribution >= 4 is 34.6 Å². The van der Waals surface area contributed by atoms with Gasteiger partial charge in [-0.05, 0) is 11.4 Å². The van der Waals surface area contributed by atoms with Gasteiger partial charge in [-0.25, -0.2) is 4.98 Å². The lowest BCUT2D eigenvalue weighted by molar-refractivity contribution is -0.142. The predicted molar refractivity (Wildman–Crippen MR) is 83.6 cm³/mol. The van der Waals surface area contributed by atoms with E-state index >= 15 is 0 Å². The van der Waals surface area contributed by atoms with Gasteiger partial charge in [0, 0.05) is 29.9 Å².